The molecule has 220 valence electrons. The van der Waals surface area contributed by atoms with Gasteiger partial charge in [-0.3, -0.25) is 0 Å². The highest BCUT2D eigenvalue weighted by Crippen LogP contribution is 2.54. The number of carbonyl (C=O) groups is 1. The SMILES string of the molecule is CCCOC(=O)Oc1ccc([S+]2CCCC2)c2ccccc12.O=S(=O)([O-])C(F)(F)C(F)(F)C(F)(F)C(F)(F)F. The number of carbonyl (C=O) groups excluding carboxylic acids is 1. The van der Waals surface area contributed by atoms with Gasteiger partial charge < -0.3 is 14.0 Å². The summed E-state index contributed by atoms with van der Waals surface area (Å²) in [5.74, 6) is -11.7. The molecular formula is C22H21F9O6S2. The quantitative estimate of drug-likeness (QED) is 0.116. The van der Waals surface area contributed by atoms with Crippen LogP contribution in [0.15, 0.2) is 41.3 Å². The van der Waals surface area contributed by atoms with Crippen molar-refractivity contribution < 1.29 is 66.8 Å². The molecule has 0 atom stereocenters. The predicted octanol–water partition coefficient (Wildman–Crippen LogP) is 6.49. The molecule has 0 N–H and O–H groups in total. The highest BCUT2D eigenvalue weighted by Gasteiger charge is 2.83. The van der Waals surface area contributed by atoms with Crippen molar-refractivity contribution in [2.24, 2.45) is 0 Å². The van der Waals surface area contributed by atoms with E-state index in [1.807, 2.05) is 31.2 Å². The molecule has 0 amide bonds. The molecule has 1 saturated heterocycles. The summed E-state index contributed by atoms with van der Waals surface area (Å²) in [6, 6.07) is 12.2. The summed E-state index contributed by atoms with van der Waals surface area (Å²) in [7, 11) is -7.08. The lowest BCUT2D eigenvalue weighted by Crippen LogP contribution is -2.63. The van der Waals surface area contributed by atoms with Gasteiger partial charge in [0.05, 0.1) is 6.61 Å². The highest BCUT2D eigenvalue weighted by atomic mass is 32.2. The van der Waals surface area contributed by atoms with E-state index in [1.54, 1.807) is 0 Å². The fourth-order valence-electron chi connectivity index (χ4n) is 3.28. The first kappa shape index (κ1) is 32.8. The van der Waals surface area contributed by atoms with E-state index in [9.17, 15) is 57.3 Å². The van der Waals surface area contributed by atoms with E-state index in [2.05, 4.69) is 12.1 Å². The van der Waals surface area contributed by atoms with E-state index in [4.69, 9.17) is 9.47 Å². The minimum absolute atomic E-state index is 0.337. The largest absolute Gasteiger partial charge is 0.743 e. The van der Waals surface area contributed by atoms with Crippen molar-refractivity contribution in [3.05, 3.63) is 36.4 Å². The number of halogens is 9. The lowest BCUT2D eigenvalue weighted by atomic mass is 10.1. The maximum absolute atomic E-state index is 12.2. The van der Waals surface area contributed by atoms with Gasteiger partial charge in [-0.2, -0.15) is 39.5 Å². The Morgan fingerprint density at radius 2 is 1.44 bits per heavy atom. The first-order valence-electron chi connectivity index (χ1n) is 11.0. The van der Waals surface area contributed by atoms with Crippen molar-refractivity contribution in [2.45, 2.75) is 54.4 Å². The number of hydrogen-bond donors (Lipinski definition) is 0. The van der Waals surface area contributed by atoms with Crippen LogP contribution in [0.5, 0.6) is 5.75 Å². The van der Waals surface area contributed by atoms with E-state index in [0.717, 1.165) is 11.8 Å². The second-order valence-electron chi connectivity index (χ2n) is 8.03. The summed E-state index contributed by atoms with van der Waals surface area (Å²) < 4.78 is 146. The van der Waals surface area contributed by atoms with Gasteiger partial charge in [-0.15, -0.1) is 0 Å². The minimum Gasteiger partial charge on any atom is -0.743 e. The summed E-state index contributed by atoms with van der Waals surface area (Å²) >= 11 is 0. The number of rotatable bonds is 7. The van der Waals surface area contributed by atoms with Crippen LogP contribution >= 0.6 is 0 Å². The van der Waals surface area contributed by atoms with E-state index < -0.39 is 39.5 Å². The monoisotopic (exact) mass is 616 g/mol. The molecule has 0 aromatic heterocycles. The zero-order valence-electron chi connectivity index (χ0n) is 19.9. The van der Waals surface area contributed by atoms with Crippen molar-refractivity contribution in [2.75, 3.05) is 18.1 Å². The lowest BCUT2D eigenvalue weighted by molar-refractivity contribution is -0.382. The number of alkyl halides is 9. The van der Waals surface area contributed by atoms with E-state index in [1.165, 1.54) is 34.6 Å². The molecule has 0 saturated carbocycles. The van der Waals surface area contributed by atoms with Gasteiger partial charge in [-0.25, -0.2) is 13.2 Å². The molecule has 1 aliphatic heterocycles. The third-order valence-corrected chi connectivity index (χ3v) is 8.66. The molecular weight excluding hydrogens is 595 g/mol. The molecule has 3 rings (SSSR count). The van der Waals surface area contributed by atoms with Crippen LogP contribution in [0.25, 0.3) is 10.8 Å². The first-order chi connectivity index (χ1) is 17.8. The number of benzene rings is 2. The Bertz CT molecular complexity index is 1260. The van der Waals surface area contributed by atoms with Gasteiger partial charge in [0.1, 0.15) is 17.3 Å². The summed E-state index contributed by atoms with van der Waals surface area (Å²) in [5, 5.41) is -4.92. The molecule has 0 radical (unpaired) electrons. The molecule has 0 unspecified atom stereocenters. The molecule has 1 fully saturated rings. The summed E-state index contributed by atoms with van der Waals surface area (Å²) in [5.41, 5.74) is 0. The summed E-state index contributed by atoms with van der Waals surface area (Å²) in [6.45, 7) is 2.35. The van der Waals surface area contributed by atoms with Gasteiger partial charge in [0, 0.05) is 21.7 Å². The van der Waals surface area contributed by atoms with E-state index >= 15 is 0 Å². The van der Waals surface area contributed by atoms with Crippen LogP contribution < -0.4 is 4.74 Å². The van der Waals surface area contributed by atoms with Crippen molar-refractivity contribution in [1.29, 1.82) is 0 Å². The molecule has 39 heavy (non-hydrogen) atoms. The zero-order valence-corrected chi connectivity index (χ0v) is 21.5. The maximum atomic E-state index is 12.2. The van der Waals surface area contributed by atoms with Crippen LogP contribution in [0.4, 0.5) is 44.3 Å². The summed E-state index contributed by atoms with van der Waals surface area (Å²) in [6.07, 6.45) is -4.36. The highest BCUT2D eigenvalue weighted by molar-refractivity contribution is 7.97. The molecule has 2 aromatic carbocycles. The van der Waals surface area contributed by atoms with Crippen LogP contribution in [-0.2, 0) is 25.7 Å². The average Bonchev–Trinajstić information content (AvgIpc) is 3.36. The molecule has 0 bridgehead atoms. The normalized spacial score (nSPS) is 15.6. The third-order valence-electron chi connectivity index (χ3n) is 5.23. The fraction of sp³-hybridized carbons (Fsp3) is 0.500. The van der Waals surface area contributed by atoms with Crippen molar-refractivity contribution in [3.63, 3.8) is 0 Å². The Balaban J connectivity index is 0.000000285. The standard InChI is InChI=1S/C18H21O3S.C4HF9O3S/c1-2-11-20-18(19)21-16-9-10-17(22-12-5-6-13-22)15-8-4-3-7-14(15)16;5-1(6,3(9,10)11)2(7,8)4(12,13)17(14,15)16/h3-4,7-10H,2,5-6,11-13H2,1H3;(H,14,15,16)/q+1;/p-1. The Kier molecular flexibility index (Phi) is 10.1. The zero-order chi connectivity index (χ0) is 29.9. The van der Waals surface area contributed by atoms with Crippen molar-refractivity contribution in [1.82, 2.24) is 0 Å². The smallest absolute Gasteiger partial charge is 0.513 e. The number of ether oxygens (including phenoxy) is 2. The molecule has 0 spiro atoms. The van der Waals surface area contributed by atoms with Crippen LogP contribution in [0.3, 0.4) is 0 Å². The first-order valence-corrected chi connectivity index (χ1v) is 14.0. The van der Waals surface area contributed by atoms with Gasteiger partial charge in [0.25, 0.3) is 0 Å². The van der Waals surface area contributed by atoms with E-state index in [0.29, 0.717) is 23.3 Å². The Morgan fingerprint density at radius 3 is 1.92 bits per heavy atom. The topological polar surface area (TPSA) is 92.7 Å². The summed E-state index contributed by atoms with van der Waals surface area (Å²) in [4.78, 5) is 13.1. The Morgan fingerprint density at radius 1 is 0.897 bits per heavy atom. The number of hydrogen-bond acceptors (Lipinski definition) is 6. The lowest BCUT2D eigenvalue weighted by Gasteiger charge is -2.34. The van der Waals surface area contributed by atoms with Gasteiger partial charge >= 0.3 is 29.4 Å². The van der Waals surface area contributed by atoms with Gasteiger partial charge in [-0.05, 0) is 37.5 Å². The second kappa shape index (κ2) is 12.0. The molecule has 1 heterocycles. The molecule has 0 aliphatic carbocycles. The molecule has 17 heteroatoms. The van der Waals surface area contributed by atoms with Crippen LogP contribution in [0, 0.1) is 0 Å². The predicted molar refractivity (Wildman–Crippen MR) is 121 cm³/mol. The minimum atomic E-state index is -7.43. The number of fused-ring (bicyclic) bond motifs is 1. The fourth-order valence-corrected chi connectivity index (χ4v) is 6.22. The molecule has 2 aromatic rings. The Labute approximate surface area is 219 Å². The van der Waals surface area contributed by atoms with Crippen LogP contribution in [0.1, 0.15) is 26.2 Å². The van der Waals surface area contributed by atoms with Crippen LogP contribution in [0.2, 0.25) is 0 Å². The average molecular weight is 617 g/mol. The van der Waals surface area contributed by atoms with Crippen LogP contribution in [-0.4, -0.2) is 60.5 Å². The van der Waals surface area contributed by atoms with Crippen molar-refractivity contribution in [3.8, 4) is 5.75 Å². The van der Waals surface area contributed by atoms with Gasteiger partial charge in [0.2, 0.25) is 0 Å². The second-order valence-corrected chi connectivity index (χ2v) is 11.7. The molecule has 6 nitrogen and oxygen atoms in total. The van der Waals surface area contributed by atoms with E-state index in [-0.39, 0.29) is 0 Å². The molecule has 1 aliphatic rings. The van der Waals surface area contributed by atoms with Gasteiger partial charge in [-0.1, -0.05) is 25.1 Å². The maximum Gasteiger partial charge on any atom is 0.513 e. The van der Waals surface area contributed by atoms with Gasteiger partial charge in [0.15, 0.2) is 15.0 Å². The third kappa shape index (κ3) is 6.85. The van der Waals surface area contributed by atoms with Crippen molar-refractivity contribution >= 4 is 37.9 Å². The Hall–Kier alpha value is -2.40.